The topological polar surface area (TPSA) is 49.9 Å². The highest BCUT2D eigenvalue weighted by atomic mass is 32.2. The average Bonchev–Trinajstić information content (AvgIpc) is 3.17. The summed E-state index contributed by atoms with van der Waals surface area (Å²) < 4.78 is 5.62. The molecule has 0 aliphatic carbocycles. The fourth-order valence-electron chi connectivity index (χ4n) is 4.29. The van der Waals surface area contributed by atoms with E-state index in [2.05, 4.69) is 0 Å². The van der Waals surface area contributed by atoms with Gasteiger partial charge in [0.2, 0.25) is 5.91 Å². The van der Waals surface area contributed by atoms with Gasteiger partial charge in [-0.05, 0) is 37.0 Å². The van der Waals surface area contributed by atoms with Crippen LogP contribution in [-0.4, -0.2) is 58.5 Å². The third-order valence-electron chi connectivity index (χ3n) is 6.03. The summed E-state index contributed by atoms with van der Waals surface area (Å²) in [5, 5.41) is 0. The molecule has 2 amide bonds. The summed E-state index contributed by atoms with van der Waals surface area (Å²) in [6.07, 6.45) is 1.61. The summed E-state index contributed by atoms with van der Waals surface area (Å²) in [7, 11) is 0. The first-order chi connectivity index (χ1) is 14.6. The lowest BCUT2D eigenvalue weighted by atomic mass is 10.00. The largest absolute Gasteiger partial charge is 0.367 e. The number of thioether (sulfide) groups is 1. The van der Waals surface area contributed by atoms with Gasteiger partial charge in [-0.2, -0.15) is 0 Å². The summed E-state index contributed by atoms with van der Waals surface area (Å²) >= 11 is 1.87. The van der Waals surface area contributed by atoms with Crippen molar-refractivity contribution in [3.63, 3.8) is 0 Å². The minimum absolute atomic E-state index is 0.0283. The van der Waals surface area contributed by atoms with Crippen LogP contribution in [0.3, 0.4) is 0 Å². The molecule has 0 radical (unpaired) electrons. The molecule has 6 heteroatoms. The Balaban J connectivity index is 1.33. The lowest BCUT2D eigenvalue weighted by molar-refractivity contribution is -0.138. The molecule has 1 spiro atoms. The number of aryl methyl sites for hydroxylation is 1. The summed E-state index contributed by atoms with van der Waals surface area (Å²) in [4.78, 5) is 29.6. The maximum atomic E-state index is 13.2. The van der Waals surface area contributed by atoms with E-state index in [1.54, 1.807) is 0 Å². The summed E-state index contributed by atoms with van der Waals surface area (Å²) in [6.45, 7) is 4.63. The molecule has 2 saturated heterocycles. The van der Waals surface area contributed by atoms with E-state index in [0.29, 0.717) is 19.7 Å². The SMILES string of the molecule is Cc1ccccc1C(=O)N1CCSC12CCN(C(=O)COCc1ccccc1)CC2. The first-order valence-corrected chi connectivity index (χ1v) is 11.5. The molecular formula is C24H28N2O3S. The van der Waals surface area contributed by atoms with Crippen LogP contribution in [0.25, 0.3) is 0 Å². The van der Waals surface area contributed by atoms with Crippen molar-refractivity contribution in [3.05, 3.63) is 71.3 Å². The van der Waals surface area contributed by atoms with Gasteiger partial charge in [-0.25, -0.2) is 0 Å². The average molecular weight is 425 g/mol. The van der Waals surface area contributed by atoms with E-state index in [9.17, 15) is 9.59 Å². The fourth-order valence-corrected chi connectivity index (χ4v) is 5.75. The second-order valence-electron chi connectivity index (χ2n) is 7.93. The van der Waals surface area contributed by atoms with Crippen molar-refractivity contribution in [1.82, 2.24) is 9.80 Å². The molecule has 0 bridgehead atoms. The number of likely N-dealkylation sites (tertiary alicyclic amines) is 1. The highest BCUT2D eigenvalue weighted by Gasteiger charge is 2.47. The van der Waals surface area contributed by atoms with Crippen LogP contribution in [0.1, 0.15) is 34.3 Å². The molecule has 2 heterocycles. The minimum Gasteiger partial charge on any atom is -0.367 e. The normalized spacial score (nSPS) is 18.0. The van der Waals surface area contributed by atoms with Gasteiger partial charge in [-0.3, -0.25) is 9.59 Å². The van der Waals surface area contributed by atoms with E-state index in [1.807, 2.05) is 83.1 Å². The van der Waals surface area contributed by atoms with Gasteiger partial charge in [-0.15, -0.1) is 11.8 Å². The number of carbonyl (C=O) groups excluding carboxylic acids is 2. The zero-order valence-electron chi connectivity index (χ0n) is 17.4. The smallest absolute Gasteiger partial charge is 0.255 e. The van der Waals surface area contributed by atoms with Crippen LogP contribution in [-0.2, 0) is 16.1 Å². The highest BCUT2D eigenvalue weighted by molar-refractivity contribution is 8.00. The summed E-state index contributed by atoms with van der Waals surface area (Å²) in [5.74, 6) is 1.09. The molecule has 0 saturated carbocycles. The standard InChI is InChI=1S/C24H28N2O3S/c1-19-7-5-6-10-21(19)23(28)26-15-16-30-24(26)11-13-25(14-12-24)22(27)18-29-17-20-8-3-2-4-9-20/h2-10H,11-18H2,1H3. The quantitative estimate of drug-likeness (QED) is 0.734. The van der Waals surface area contributed by atoms with Crippen molar-refractivity contribution in [2.24, 2.45) is 0 Å². The van der Waals surface area contributed by atoms with Crippen molar-refractivity contribution < 1.29 is 14.3 Å². The van der Waals surface area contributed by atoms with E-state index in [4.69, 9.17) is 4.74 Å². The molecule has 2 fully saturated rings. The Morgan fingerprint density at radius 1 is 1.00 bits per heavy atom. The molecule has 0 atom stereocenters. The maximum absolute atomic E-state index is 13.2. The van der Waals surface area contributed by atoms with Gasteiger partial charge < -0.3 is 14.5 Å². The van der Waals surface area contributed by atoms with Crippen molar-refractivity contribution in [1.29, 1.82) is 0 Å². The zero-order chi connectivity index (χ0) is 21.0. The summed E-state index contributed by atoms with van der Waals surface area (Å²) in [6, 6.07) is 17.7. The number of carbonyl (C=O) groups is 2. The Morgan fingerprint density at radius 3 is 2.43 bits per heavy atom. The molecule has 0 N–H and O–H groups in total. The number of benzene rings is 2. The van der Waals surface area contributed by atoms with Gasteiger partial charge in [0.05, 0.1) is 11.5 Å². The first kappa shape index (κ1) is 20.9. The van der Waals surface area contributed by atoms with Gasteiger partial charge in [0.15, 0.2) is 0 Å². The zero-order valence-corrected chi connectivity index (χ0v) is 18.2. The van der Waals surface area contributed by atoms with Gasteiger partial charge in [0.1, 0.15) is 6.61 Å². The molecule has 30 heavy (non-hydrogen) atoms. The fraction of sp³-hybridized carbons (Fsp3) is 0.417. The predicted molar refractivity (Wildman–Crippen MR) is 119 cm³/mol. The molecular weight excluding hydrogens is 396 g/mol. The number of rotatable bonds is 5. The van der Waals surface area contributed by atoms with Gasteiger partial charge in [0.25, 0.3) is 5.91 Å². The monoisotopic (exact) mass is 424 g/mol. The third-order valence-corrected chi connectivity index (χ3v) is 7.59. The van der Waals surface area contributed by atoms with Gasteiger partial charge in [0, 0.05) is 31.0 Å². The number of amides is 2. The number of hydrogen-bond donors (Lipinski definition) is 0. The predicted octanol–water partition coefficient (Wildman–Crippen LogP) is 3.72. The molecule has 2 aromatic carbocycles. The molecule has 2 aromatic rings. The Labute approximate surface area is 182 Å². The molecule has 5 nitrogen and oxygen atoms in total. The number of nitrogens with zero attached hydrogens (tertiary/aromatic N) is 2. The van der Waals surface area contributed by atoms with E-state index < -0.39 is 0 Å². The van der Waals surface area contributed by atoms with Crippen molar-refractivity contribution in [3.8, 4) is 0 Å². The highest BCUT2D eigenvalue weighted by Crippen LogP contribution is 2.44. The van der Waals surface area contributed by atoms with Crippen LogP contribution in [0.2, 0.25) is 0 Å². The number of piperidine rings is 1. The Kier molecular flexibility index (Phi) is 6.44. The third kappa shape index (κ3) is 4.40. The molecule has 158 valence electrons. The number of ether oxygens (including phenoxy) is 1. The van der Waals surface area contributed by atoms with Crippen molar-refractivity contribution >= 4 is 23.6 Å². The Morgan fingerprint density at radius 2 is 1.70 bits per heavy atom. The van der Waals surface area contributed by atoms with E-state index in [-0.39, 0.29) is 23.3 Å². The number of hydrogen-bond acceptors (Lipinski definition) is 4. The lowest BCUT2D eigenvalue weighted by Crippen LogP contribution is -2.54. The Hall–Kier alpha value is -2.31. The first-order valence-electron chi connectivity index (χ1n) is 10.5. The van der Waals surface area contributed by atoms with Gasteiger partial charge >= 0.3 is 0 Å². The van der Waals surface area contributed by atoms with E-state index in [0.717, 1.165) is 41.8 Å². The maximum Gasteiger partial charge on any atom is 0.255 e. The van der Waals surface area contributed by atoms with Gasteiger partial charge in [-0.1, -0.05) is 48.5 Å². The van der Waals surface area contributed by atoms with E-state index in [1.165, 1.54) is 0 Å². The minimum atomic E-state index is -0.193. The molecule has 4 rings (SSSR count). The van der Waals surface area contributed by atoms with Crippen molar-refractivity contribution in [2.75, 3.05) is 32.0 Å². The molecule has 0 aromatic heterocycles. The second-order valence-corrected chi connectivity index (χ2v) is 9.38. The Bertz CT molecular complexity index is 894. The van der Waals surface area contributed by atoms with Crippen LogP contribution in [0, 0.1) is 6.92 Å². The van der Waals surface area contributed by atoms with Crippen LogP contribution in [0.15, 0.2) is 54.6 Å². The van der Waals surface area contributed by atoms with Crippen molar-refractivity contribution in [2.45, 2.75) is 31.2 Å². The summed E-state index contributed by atoms with van der Waals surface area (Å²) in [5.41, 5.74) is 2.86. The molecule has 2 aliphatic heterocycles. The lowest BCUT2D eigenvalue weighted by Gasteiger charge is -2.44. The van der Waals surface area contributed by atoms with Crippen LogP contribution in [0.5, 0.6) is 0 Å². The van der Waals surface area contributed by atoms with Crippen LogP contribution < -0.4 is 0 Å². The van der Waals surface area contributed by atoms with Crippen LogP contribution >= 0.6 is 11.8 Å². The second kappa shape index (κ2) is 9.23. The van der Waals surface area contributed by atoms with Crippen LogP contribution in [0.4, 0.5) is 0 Å². The molecule has 0 unspecified atom stereocenters. The van der Waals surface area contributed by atoms with E-state index >= 15 is 0 Å². The molecule has 2 aliphatic rings.